The fourth-order valence-corrected chi connectivity index (χ4v) is 3.91. The maximum absolute atomic E-state index is 12.2. The number of benzene rings is 2. The summed E-state index contributed by atoms with van der Waals surface area (Å²) in [5, 5.41) is 6.52. The molecule has 0 radical (unpaired) electrons. The van der Waals surface area contributed by atoms with E-state index in [1.807, 2.05) is 37.3 Å². The van der Waals surface area contributed by atoms with Crippen molar-refractivity contribution in [2.45, 2.75) is 26.3 Å². The zero-order chi connectivity index (χ0) is 20.1. The summed E-state index contributed by atoms with van der Waals surface area (Å²) in [4.78, 5) is 12.2. The molecule has 1 heterocycles. The fraction of sp³-hybridized carbons (Fsp3) is 0.250. The van der Waals surface area contributed by atoms with Gasteiger partial charge in [0.05, 0.1) is 11.8 Å². The minimum atomic E-state index is -3.34. The summed E-state index contributed by atoms with van der Waals surface area (Å²) in [6.07, 6.45) is 0.540. The Bertz CT molecular complexity index is 1030. The smallest absolute Gasteiger partial charge is 0.319 e. The van der Waals surface area contributed by atoms with Gasteiger partial charge in [-0.3, -0.25) is 4.72 Å². The number of furan rings is 1. The highest BCUT2D eigenvalue weighted by Crippen LogP contribution is 2.23. The van der Waals surface area contributed by atoms with Crippen molar-refractivity contribution >= 4 is 38.4 Å². The van der Waals surface area contributed by atoms with Crippen molar-refractivity contribution in [3.05, 3.63) is 60.4 Å². The van der Waals surface area contributed by atoms with Crippen LogP contribution >= 0.6 is 0 Å². The normalized spacial score (nSPS) is 12.5. The number of carbonyl (C=O) groups is 1. The van der Waals surface area contributed by atoms with E-state index in [-0.39, 0.29) is 17.8 Å². The Morgan fingerprint density at radius 3 is 2.43 bits per heavy atom. The third-order valence-electron chi connectivity index (χ3n) is 4.11. The molecule has 0 aliphatic carbocycles. The summed E-state index contributed by atoms with van der Waals surface area (Å²) in [6.45, 7) is 3.64. The second kappa shape index (κ2) is 8.35. The van der Waals surface area contributed by atoms with E-state index >= 15 is 0 Å². The molecule has 2 amide bonds. The minimum Gasteiger partial charge on any atom is -0.459 e. The summed E-state index contributed by atoms with van der Waals surface area (Å²) >= 11 is 0. The van der Waals surface area contributed by atoms with Gasteiger partial charge < -0.3 is 15.1 Å². The first-order valence-corrected chi connectivity index (χ1v) is 10.7. The molecule has 0 fully saturated rings. The van der Waals surface area contributed by atoms with Crippen LogP contribution < -0.4 is 15.4 Å². The highest BCUT2D eigenvalue weighted by molar-refractivity contribution is 7.92. The third-order valence-corrected chi connectivity index (χ3v) is 5.60. The molecule has 1 unspecified atom stereocenters. The molecule has 0 spiro atoms. The van der Waals surface area contributed by atoms with Gasteiger partial charge in [0.25, 0.3) is 0 Å². The van der Waals surface area contributed by atoms with Crippen molar-refractivity contribution < 1.29 is 17.6 Å². The molecule has 148 valence electrons. The highest BCUT2D eigenvalue weighted by Gasteiger charge is 2.14. The van der Waals surface area contributed by atoms with E-state index in [1.165, 1.54) is 0 Å². The Labute approximate surface area is 164 Å². The zero-order valence-corrected chi connectivity index (χ0v) is 16.5. The lowest BCUT2D eigenvalue weighted by Crippen LogP contribution is -2.30. The van der Waals surface area contributed by atoms with Crippen LogP contribution in [0.15, 0.2) is 59.0 Å². The number of hydrogen-bond donors (Lipinski definition) is 3. The standard InChI is InChI=1S/C20H23N3O4S/c1-3-12-28(25,26)23-17-10-8-16(9-11-17)22-20(24)21-14(2)19-13-15-6-4-5-7-18(15)27-19/h4-11,13-14,23H,3,12H2,1-2H3,(H2,21,22,24). The lowest BCUT2D eigenvalue weighted by molar-refractivity contribution is 0.248. The molecule has 28 heavy (non-hydrogen) atoms. The van der Waals surface area contributed by atoms with Gasteiger partial charge in [-0.2, -0.15) is 0 Å². The van der Waals surface area contributed by atoms with Gasteiger partial charge in [0.2, 0.25) is 10.0 Å². The molecule has 0 bridgehead atoms. The number of nitrogens with one attached hydrogen (secondary N) is 3. The minimum absolute atomic E-state index is 0.0646. The van der Waals surface area contributed by atoms with E-state index < -0.39 is 10.0 Å². The van der Waals surface area contributed by atoms with E-state index in [2.05, 4.69) is 15.4 Å². The molecule has 0 aliphatic heterocycles. The number of sulfonamides is 1. The molecule has 0 saturated carbocycles. The van der Waals surface area contributed by atoms with E-state index in [0.717, 1.165) is 11.0 Å². The van der Waals surface area contributed by atoms with Crippen LogP contribution in [0.25, 0.3) is 11.0 Å². The summed E-state index contributed by atoms with van der Waals surface area (Å²) in [5.74, 6) is 0.728. The van der Waals surface area contributed by atoms with Gasteiger partial charge in [-0.1, -0.05) is 25.1 Å². The molecule has 3 N–H and O–H groups in total. The number of fused-ring (bicyclic) bond motifs is 1. The fourth-order valence-electron chi connectivity index (χ4n) is 2.77. The maximum atomic E-state index is 12.2. The van der Waals surface area contributed by atoms with Crippen molar-refractivity contribution in [2.75, 3.05) is 15.8 Å². The summed E-state index contributed by atoms with van der Waals surface area (Å²) in [6, 6.07) is 15.3. The molecule has 2 aromatic carbocycles. The number of para-hydroxylation sites is 1. The number of amides is 2. The van der Waals surface area contributed by atoms with Crippen LogP contribution in [0, 0.1) is 0 Å². The molecular formula is C20H23N3O4S. The van der Waals surface area contributed by atoms with E-state index in [1.54, 1.807) is 31.2 Å². The molecule has 8 heteroatoms. The van der Waals surface area contributed by atoms with Gasteiger partial charge in [0, 0.05) is 16.8 Å². The number of hydrogen-bond acceptors (Lipinski definition) is 4. The molecule has 3 aromatic rings. The first-order valence-electron chi connectivity index (χ1n) is 9.03. The molecule has 1 aromatic heterocycles. The SMILES string of the molecule is CCCS(=O)(=O)Nc1ccc(NC(=O)NC(C)c2cc3ccccc3o2)cc1. The lowest BCUT2D eigenvalue weighted by atomic mass is 10.2. The molecule has 7 nitrogen and oxygen atoms in total. The number of urea groups is 1. The van der Waals surface area contributed by atoms with Crippen molar-refractivity contribution in [3.63, 3.8) is 0 Å². The van der Waals surface area contributed by atoms with Crippen molar-refractivity contribution in [1.82, 2.24) is 5.32 Å². The predicted molar refractivity (Wildman–Crippen MR) is 111 cm³/mol. The number of anilines is 2. The molecule has 0 aliphatic rings. The average molecular weight is 401 g/mol. The first-order chi connectivity index (χ1) is 13.4. The van der Waals surface area contributed by atoms with E-state index in [9.17, 15) is 13.2 Å². The molecule has 0 saturated heterocycles. The van der Waals surface area contributed by atoms with Gasteiger partial charge in [-0.25, -0.2) is 13.2 Å². The van der Waals surface area contributed by atoms with Crippen LogP contribution in [-0.4, -0.2) is 20.2 Å². The Kier molecular flexibility index (Phi) is 5.89. The summed E-state index contributed by atoms with van der Waals surface area (Å²) in [5.41, 5.74) is 1.77. The Hall–Kier alpha value is -3.00. The van der Waals surface area contributed by atoms with E-state index in [4.69, 9.17) is 4.42 Å². The van der Waals surface area contributed by atoms with Crippen molar-refractivity contribution in [2.24, 2.45) is 0 Å². The van der Waals surface area contributed by atoms with Crippen LogP contribution in [0.1, 0.15) is 32.1 Å². The van der Waals surface area contributed by atoms with Gasteiger partial charge in [0.15, 0.2) is 0 Å². The molecule has 3 rings (SSSR count). The quantitative estimate of drug-likeness (QED) is 0.544. The third kappa shape index (κ3) is 5.04. The largest absolute Gasteiger partial charge is 0.459 e. The Morgan fingerprint density at radius 1 is 1.07 bits per heavy atom. The molecule has 1 atom stereocenters. The Morgan fingerprint density at radius 2 is 1.75 bits per heavy atom. The van der Waals surface area contributed by atoms with Crippen LogP contribution in [0.2, 0.25) is 0 Å². The predicted octanol–water partition coefficient (Wildman–Crippen LogP) is 4.47. The van der Waals surface area contributed by atoms with E-state index in [0.29, 0.717) is 23.6 Å². The topological polar surface area (TPSA) is 100 Å². The summed E-state index contributed by atoms with van der Waals surface area (Å²) in [7, 11) is -3.34. The highest BCUT2D eigenvalue weighted by atomic mass is 32.2. The second-order valence-corrected chi connectivity index (χ2v) is 8.35. The summed E-state index contributed by atoms with van der Waals surface area (Å²) < 4.78 is 31.8. The first kappa shape index (κ1) is 19.8. The molecular weight excluding hydrogens is 378 g/mol. The van der Waals surface area contributed by atoms with Crippen molar-refractivity contribution in [1.29, 1.82) is 0 Å². The Balaban J connectivity index is 1.58. The van der Waals surface area contributed by atoms with Crippen LogP contribution in [0.3, 0.4) is 0 Å². The van der Waals surface area contributed by atoms with Crippen molar-refractivity contribution in [3.8, 4) is 0 Å². The van der Waals surface area contributed by atoms with Gasteiger partial charge in [-0.15, -0.1) is 0 Å². The van der Waals surface area contributed by atoms with Gasteiger partial charge in [0.1, 0.15) is 11.3 Å². The van der Waals surface area contributed by atoms with Crippen LogP contribution in [0.5, 0.6) is 0 Å². The van der Waals surface area contributed by atoms with Gasteiger partial charge in [-0.05, 0) is 49.7 Å². The number of carbonyl (C=O) groups excluding carboxylic acids is 1. The second-order valence-electron chi connectivity index (χ2n) is 6.51. The van der Waals surface area contributed by atoms with Crippen LogP contribution in [0.4, 0.5) is 16.2 Å². The monoisotopic (exact) mass is 401 g/mol. The number of rotatable bonds is 7. The zero-order valence-electron chi connectivity index (χ0n) is 15.7. The van der Waals surface area contributed by atoms with Crippen LogP contribution in [-0.2, 0) is 10.0 Å². The van der Waals surface area contributed by atoms with Gasteiger partial charge >= 0.3 is 6.03 Å². The lowest BCUT2D eigenvalue weighted by Gasteiger charge is -2.13. The maximum Gasteiger partial charge on any atom is 0.319 e. The average Bonchev–Trinajstić information content (AvgIpc) is 3.07.